The average molecular weight is 463 g/mol. The predicted molar refractivity (Wildman–Crippen MR) is 130 cm³/mol. The molecular formula is C24H26N6O4. The third kappa shape index (κ3) is 4.70. The number of carbonyl (C=O) groups is 1. The number of oxazole rings is 1. The van der Waals surface area contributed by atoms with Crippen LogP contribution in [-0.4, -0.2) is 26.5 Å². The van der Waals surface area contributed by atoms with E-state index in [1.807, 2.05) is 32.9 Å². The predicted octanol–water partition coefficient (Wildman–Crippen LogP) is 3.97. The van der Waals surface area contributed by atoms with E-state index in [2.05, 4.69) is 25.6 Å². The summed E-state index contributed by atoms with van der Waals surface area (Å²) in [6.45, 7) is 8.95. The second-order valence-electron chi connectivity index (χ2n) is 8.62. The Kier molecular flexibility index (Phi) is 5.74. The van der Waals surface area contributed by atoms with Crippen molar-refractivity contribution in [2.45, 2.75) is 40.2 Å². The van der Waals surface area contributed by atoms with Crippen LogP contribution in [0.25, 0.3) is 11.1 Å². The zero-order valence-electron chi connectivity index (χ0n) is 19.6. The number of aromatic nitrogens is 3. The molecule has 5 N–H and O–H groups in total. The lowest BCUT2D eigenvalue weighted by Crippen LogP contribution is -2.43. The quantitative estimate of drug-likeness (QED) is 0.322. The number of aryl methyl sites for hydroxylation is 3. The van der Waals surface area contributed by atoms with Crippen molar-refractivity contribution in [2.75, 3.05) is 10.6 Å². The Hall–Kier alpha value is -4.34. The van der Waals surface area contributed by atoms with Gasteiger partial charge < -0.3 is 25.5 Å². The molecule has 0 bridgehead atoms. The molecule has 2 aromatic heterocycles. The van der Waals surface area contributed by atoms with Crippen molar-refractivity contribution in [2.24, 2.45) is 5.73 Å². The summed E-state index contributed by atoms with van der Waals surface area (Å²) in [6, 6.07) is 9.05. The van der Waals surface area contributed by atoms with Crippen molar-refractivity contribution < 1.29 is 13.9 Å². The molecule has 0 aliphatic heterocycles. The second kappa shape index (κ2) is 8.54. The van der Waals surface area contributed by atoms with Crippen LogP contribution >= 0.6 is 0 Å². The Labute approximate surface area is 195 Å². The molecule has 0 aliphatic carbocycles. The summed E-state index contributed by atoms with van der Waals surface area (Å²) in [6.07, 6.45) is 1.71. The SMILES string of the molecule is Cc1cnc(Nc2cc(C)c(OC(C)(C)C(N)=O)c(C)c2)nc1Nc1ccc2oc(=O)[nH]c2c1. The maximum atomic E-state index is 11.7. The number of primary amides is 1. The lowest BCUT2D eigenvalue weighted by atomic mass is 10.1. The lowest BCUT2D eigenvalue weighted by Gasteiger charge is -2.25. The van der Waals surface area contributed by atoms with Gasteiger partial charge in [0.1, 0.15) is 11.6 Å². The molecule has 4 aromatic rings. The number of anilines is 4. The fraction of sp³-hybridized carbons (Fsp3) is 0.250. The standard InChI is InChI=1S/C24H26N6O4/c1-12-8-16(9-13(2)19(12)34-24(4,5)21(25)31)28-22-26-11-14(3)20(30-22)27-15-6-7-18-17(10-15)29-23(32)33-18/h6-11H,1-5H3,(H2,25,31)(H,29,32)(H2,26,27,28,30). The number of H-pyrrole nitrogens is 1. The maximum Gasteiger partial charge on any atom is 0.417 e. The minimum Gasteiger partial charge on any atom is -0.477 e. The molecule has 0 aliphatic rings. The van der Waals surface area contributed by atoms with Gasteiger partial charge in [0, 0.05) is 23.1 Å². The molecule has 0 spiro atoms. The van der Waals surface area contributed by atoms with Crippen molar-refractivity contribution in [1.82, 2.24) is 15.0 Å². The van der Waals surface area contributed by atoms with E-state index in [-0.39, 0.29) is 0 Å². The highest BCUT2D eigenvalue weighted by Crippen LogP contribution is 2.31. The Balaban J connectivity index is 1.57. The molecule has 2 heterocycles. The summed E-state index contributed by atoms with van der Waals surface area (Å²) in [7, 11) is 0. The van der Waals surface area contributed by atoms with E-state index in [0.29, 0.717) is 28.6 Å². The van der Waals surface area contributed by atoms with Crippen LogP contribution in [0.4, 0.5) is 23.1 Å². The summed E-state index contributed by atoms with van der Waals surface area (Å²) in [5, 5.41) is 6.46. The number of carbonyl (C=O) groups excluding carboxylic acids is 1. The Bertz CT molecular complexity index is 1430. The van der Waals surface area contributed by atoms with E-state index < -0.39 is 17.3 Å². The van der Waals surface area contributed by atoms with E-state index in [1.165, 1.54) is 0 Å². The Morgan fingerprint density at radius 2 is 1.76 bits per heavy atom. The van der Waals surface area contributed by atoms with Gasteiger partial charge in [-0.3, -0.25) is 9.78 Å². The number of nitrogens with zero attached hydrogens (tertiary/aromatic N) is 2. The third-order valence-electron chi connectivity index (χ3n) is 5.32. The number of nitrogens with two attached hydrogens (primary N) is 1. The summed E-state index contributed by atoms with van der Waals surface area (Å²) >= 11 is 0. The van der Waals surface area contributed by atoms with Crippen molar-refractivity contribution in [3.8, 4) is 5.75 Å². The summed E-state index contributed by atoms with van der Waals surface area (Å²) in [5.74, 6) is 0.571. The molecule has 2 aromatic carbocycles. The fourth-order valence-electron chi connectivity index (χ4n) is 3.41. The van der Waals surface area contributed by atoms with Crippen LogP contribution in [0.1, 0.15) is 30.5 Å². The van der Waals surface area contributed by atoms with Crippen LogP contribution in [0.3, 0.4) is 0 Å². The molecular weight excluding hydrogens is 436 g/mol. The molecule has 4 rings (SSSR count). The lowest BCUT2D eigenvalue weighted by molar-refractivity contribution is -0.130. The number of benzene rings is 2. The average Bonchev–Trinajstić information content (AvgIpc) is 3.12. The maximum absolute atomic E-state index is 11.7. The first-order chi connectivity index (χ1) is 16.0. The topological polar surface area (TPSA) is 148 Å². The normalized spacial score (nSPS) is 11.4. The third-order valence-corrected chi connectivity index (χ3v) is 5.32. The van der Waals surface area contributed by atoms with E-state index in [4.69, 9.17) is 14.9 Å². The number of ether oxygens (including phenoxy) is 1. The van der Waals surface area contributed by atoms with Gasteiger partial charge in [-0.15, -0.1) is 0 Å². The molecule has 0 saturated heterocycles. The van der Waals surface area contributed by atoms with Gasteiger partial charge in [-0.1, -0.05) is 0 Å². The minimum absolute atomic E-state index is 0.399. The van der Waals surface area contributed by atoms with Crippen LogP contribution in [-0.2, 0) is 4.79 Å². The molecule has 0 radical (unpaired) electrons. The van der Waals surface area contributed by atoms with Crippen molar-refractivity contribution in [1.29, 1.82) is 0 Å². The van der Waals surface area contributed by atoms with Crippen molar-refractivity contribution >= 4 is 40.1 Å². The first-order valence-electron chi connectivity index (χ1n) is 10.6. The van der Waals surface area contributed by atoms with Crippen LogP contribution < -0.4 is 26.9 Å². The smallest absolute Gasteiger partial charge is 0.417 e. The second-order valence-corrected chi connectivity index (χ2v) is 8.62. The van der Waals surface area contributed by atoms with Gasteiger partial charge in [-0.05, 0) is 76.1 Å². The van der Waals surface area contributed by atoms with Crippen molar-refractivity contribution in [3.05, 3.63) is 63.8 Å². The van der Waals surface area contributed by atoms with Gasteiger partial charge in [0.05, 0.1) is 5.52 Å². The fourth-order valence-corrected chi connectivity index (χ4v) is 3.41. The highest BCUT2D eigenvalue weighted by molar-refractivity contribution is 5.83. The van der Waals surface area contributed by atoms with E-state index in [9.17, 15) is 9.59 Å². The van der Waals surface area contributed by atoms with Gasteiger partial charge >= 0.3 is 5.76 Å². The van der Waals surface area contributed by atoms with Crippen molar-refractivity contribution in [3.63, 3.8) is 0 Å². The molecule has 1 amide bonds. The highest BCUT2D eigenvalue weighted by Gasteiger charge is 2.28. The number of hydrogen-bond acceptors (Lipinski definition) is 8. The van der Waals surface area contributed by atoms with Gasteiger partial charge in [0.15, 0.2) is 11.2 Å². The molecule has 0 fully saturated rings. The molecule has 0 saturated carbocycles. The minimum atomic E-state index is -1.13. The number of amides is 1. The van der Waals surface area contributed by atoms with Crippen LogP contribution in [0.5, 0.6) is 5.75 Å². The first-order valence-corrected chi connectivity index (χ1v) is 10.6. The molecule has 0 atom stereocenters. The Morgan fingerprint density at radius 3 is 2.44 bits per heavy atom. The summed E-state index contributed by atoms with van der Waals surface area (Å²) in [5.41, 5.74) is 9.41. The zero-order chi connectivity index (χ0) is 24.6. The monoisotopic (exact) mass is 462 g/mol. The number of hydrogen-bond donors (Lipinski definition) is 4. The summed E-state index contributed by atoms with van der Waals surface area (Å²) in [4.78, 5) is 34.7. The summed E-state index contributed by atoms with van der Waals surface area (Å²) < 4.78 is 10.9. The number of aromatic amines is 1. The van der Waals surface area contributed by atoms with Gasteiger partial charge in [-0.25, -0.2) is 9.78 Å². The largest absolute Gasteiger partial charge is 0.477 e. The van der Waals surface area contributed by atoms with E-state index in [1.54, 1.807) is 38.2 Å². The molecule has 10 heteroatoms. The van der Waals surface area contributed by atoms with Crippen LogP contribution in [0, 0.1) is 20.8 Å². The number of rotatable bonds is 7. The molecule has 176 valence electrons. The molecule has 0 unspecified atom stereocenters. The van der Waals surface area contributed by atoms with Crippen LogP contribution in [0.15, 0.2) is 45.7 Å². The zero-order valence-corrected chi connectivity index (χ0v) is 19.6. The number of fused-ring (bicyclic) bond motifs is 1. The van der Waals surface area contributed by atoms with Crippen LogP contribution in [0.2, 0.25) is 0 Å². The highest BCUT2D eigenvalue weighted by atomic mass is 16.5. The molecule has 10 nitrogen and oxygen atoms in total. The van der Waals surface area contributed by atoms with Gasteiger partial charge in [-0.2, -0.15) is 4.98 Å². The Morgan fingerprint density at radius 1 is 1.06 bits per heavy atom. The first kappa shape index (κ1) is 22.8. The number of nitrogens with one attached hydrogen (secondary N) is 3. The molecule has 34 heavy (non-hydrogen) atoms. The van der Waals surface area contributed by atoms with E-state index >= 15 is 0 Å². The van der Waals surface area contributed by atoms with Gasteiger partial charge in [0.2, 0.25) is 5.95 Å². The van der Waals surface area contributed by atoms with Gasteiger partial charge in [0.25, 0.3) is 5.91 Å². The van der Waals surface area contributed by atoms with E-state index in [0.717, 1.165) is 28.1 Å².